The number of nitrogens with two attached hydrogens (primary N) is 1. The monoisotopic (exact) mass is 243 g/mol. The van der Waals surface area contributed by atoms with E-state index in [1.165, 1.54) is 11.8 Å². The van der Waals surface area contributed by atoms with Gasteiger partial charge in [0.05, 0.1) is 11.4 Å². The highest BCUT2D eigenvalue weighted by Crippen LogP contribution is 2.10. The van der Waals surface area contributed by atoms with Gasteiger partial charge in [-0.3, -0.25) is 10.1 Å². The van der Waals surface area contributed by atoms with Crippen LogP contribution in [0.25, 0.3) is 0 Å². The lowest BCUT2D eigenvalue weighted by molar-refractivity contribution is -0.113. The Balaban J connectivity index is 2.21. The Morgan fingerprint density at radius 2 is 2.50 bits per heavy atom. The van der Waals surface area contributed by atoms with Crippen molar-refractivity contribution in [2.75, 3.05) is 16.8 Å². The van der Waals surface area contributed by atoms with Crippen molar-refractivity contribution in [1.29, 1.82) is 0 Å². The number of rotatable bonds is 6. The van der Waals surface area contributed by atoms with Gasteiger partial charge in [-0.2, -0.15) is 11.8 Å². The van der Waals surface area contributed by atoms with E-state index in [-0.39, 0.29) is 11.9 Å². The van der Waals surface area contributed by atoms with E-state index >= 15 is 0 Å². The SMILES string of the molecule is CCC(N)CSCC(=O)Nc1cc(C)no1. The third kappa shape index (κ3) is 4.67. The smallest absolute Gasteiger partial charge is 0.236 e. The summed E-state index contributed by atoms with van der Waals surface area (Å²) in [6.07, 6.45) is 0.927. The molecule has 0 radical (unpaired) electrons. The van der Waals surface area contributed by atoms with E-state index < -0.39 is 0 Å². The molecule has 90 valence electrons. The predicted molar refractivity (Wildman–Crippen MR) is 65.5 cm³/mol. The molecule has 1 aromatic rings. The van der Waals surface area contributed by atoms with Crippen molar-refractivity contribution in [1.82, 2.24) is 5.16 Å². The van der Waals surface area contributed by atoms with Crippen LogP contribution in [-0.2, 0) is 4.79 Å². The second-order valence-corrected chi connectivity index (χ2v) is 4.59. The number of anilines is 1. The number of thioether (sulfide) groups is 1. The van der Waals surface area contributed by atoms with Crippen LogP contribution in [0.15, 0.2) is 10.6 Å². The molecular weight excluding hydrogens is 226 g/mol. The van der Waals surface area contributed by atoms with Gasteiger partial charge in [0.15, 0.2) is 0 Å². The maximum absolute atomic E-state index is 11.4. The van der Waals surface area contributed by atoms with Gasteiger partial charge < -0.3 is 10.3 Å². The van der Waals surface area contributed by atoms with Gasteiger partial charge in [-0.25, -0.2) is 0 Å². The van der Waals surface area contributed by atoms with Crippen LogP contribution in [0, 0.1) is 6.92 Å². The first kappa shape index (κ1) is 13.1. The lowest BCUT2D eigenvalue weighted by Crippen LogP contribution is -2.23. The molecule has 1 amide bonds. The molecule has 1 heterocycles. The quantitative estimate of drug-likeness (QED) is 0.789. The Hall–Kier alpha value is -1.01. The summed E-state index contributed by atoms with van der Waals surface area (Å²) in [4.78, 5) is 11.4. The average Bonchev–Trinajstić information content (AvgIpc) is 2.63. The van der Waals surface area contributed by atoms with Crippen LogP contribution in [-0.4, -0.2) is 28.6 Å². The van der Waals surface area contributed by atoms with Crippen LogP contribution in [0.2, 0.25) is 0 Å². The molecule has 0 saturated heterocycles. The number of hydrogen-bond donors (Lipinski definition) is 2. The molecule has 1 atom stereocenters. The van der Waals surface area contributed by atoms with E-state index in [9.17, 15) is 4.79 Å². The second-order valence-electron chi connectivity index (χ2n) is 3.56. The molecule has 5 nitrogen and oxygen atoms in total. The lowest BCUT2D eigenvalue weighted by Gasteiger charge is -2.07. The molecule has 0 bridgehead atoms. The first-order valence-corrected chi connectivity index (χ1v) is 6.33. The zero-order chi connectivity index (χ0) is 12.0. The summed E-state index contributed by atoms with van der Waals surface area (Å²) in [5, 5.41) is 6.30. The summed E-state index contributed by atoms with van der Waals surface area (Å²) in [7, 11) is 0. The van der Waals surface area contributed by atoms with Crippen LogP contribution >= 0.6 is 11.8 Å². The zero-order valence-electron chi connectivity index (χ0n) is 9.53. The minimum absolute atomic E-state index is 0.0931. The number of aryl methyl sites for hydroxylation is 1. The van der Waals surface area contributed by atoms with E-state index in [0.717, 1.165) is 17.9 Å². The largest absolute Gasteiger partial charge is 0.338 e. The summed E-state index contributed by atoms with van der Waals surface area (Å²) in [6, 6.07) is 1.84. The number of amides is 1. The molecule has 0 aromatic carbocycles. The molecule has 6 heteroatoms. The van der Waals surface area contributed by atoms with Gasteiger partial charge in [0.1, 0.15) is 0 Å². The van der Waals surface area contributed by atoms with Gasteiger partial charge in [-0.1, -0.05) is 12.1 Å². The van der Waals surface area contributed by atoms with Crippen molar-refractivity contribution in [2.45, 2.75) is 26.3 Å². The molecule has 0 aliphatic carbocycles. The molecule has 0 aliphatic rings. The second kappa shape index (κ2) is 6.55. The number of carbonyl (C=O) groups is 1. The van der Waals surface area contributed by atoms with Gasteiger partial charge in [-0.15, -0.1) is 0 Å². The van der Waals surface area contributed by atoms with Gasteiger partial charge >= 0.3 is 0 Å². The van der Waals surface area contributed by atoms with Crippen LogP contribution in [0.4, 0.5) is 5.88 Å². The van der Waals surface area contributed by atoms with E-state index in [2.05, 4.69) is 10.5 Å². The summed E-state index contributed by atoms with van der Waals surface area (Å²) < 4.78 is 4.87. The van der Waals surface area contributed by atoms with Crippen molar-refractivity contribution < 1.29 is 9.32 Å². The van der Waals surface area contributed by atoms with E-state index in [0.29, 0.717) is 11.6 Å². The molecule has 16 heavy (non-hydrogen) atoms. The van der Waals surface area contributed by atoms with E-state index in [1.54, 1.807) is 13.0 Å². The molecular formula is C10H17N3O2S. The number of hydrogen-bond acceptors (Lipinski definition) is 5. The normalized spacial score (nSPS) is 12.4. The fourth-order valence-electron chi connectivity index (χ4n) is 1.02. The highest BCUT2D eigenvalue weighted by atomic mass is 32.2. The van der Waals surface area contributed by atoms with Crippen LogP contribution in [0.3, 0.4) is 0 Å². The van der Waals surface area contributed by atoms with Gasteiger partial charge in [0, 0.05) is 17.9 Å². The van der Waals surface area contributed by atoms with Gasteiger partial charge in [-0.05, 0) is 13.3 Å². The molecule has 0 saturated carbocycles. The number of nitrogens with zero attached hydrogens (tertiary/aromatic N) is 1. The predicted octanol–water partition coefficient (Wildman–Crippen LogP) is 1.39. The minimum atomic E-state index is -0.0931. The van der Waals surface area contributed by atoms with Crippen LogP contribution in [0.1, 0.15) is 19.0 Å². The van der Waals surface area contributed by atoms with E-state index in [1.807, 2.05) is 6.92 Å². The maximum atomic E-state index is 11.4. The Kier molecular flexibility index (Phi) is 5.34. The number of carbonyl (C=O) groups excluding carboxylic acids is 1. The first-order valence-electron chi connectivity index (χ1n) is 5.18. The third-order valence-electron chi connectivity index (χ3n) is 1.98. The highest BCUT2D eigenvalue weighted by Gasteiger charge is 2.07. The van der Waals surface area contributed by atoms with Crippen molar-refractivity contribution >= 4 is 23.6 Å². The Bertz CT molecular complexity index is 341. The third-order valence-corrected chi connectivity index (χ3v) is 3.11. The van der Waals surface area contributed by atoms with Crippen LogP contribution < -0.4 is 11.1 Å². The van der Waals surface area contributed by atoms with Crippen molar-refractivity contribution in [3.05, 3.63) is 11.8 Å². The summed E-state index contributed by atoms with van der Waals surface area (Å²) in [6.45, 7) is 3.83. The van der Waals surface area contributed by atoms with Crippen molar-refractivity contribution in [2.24, 2.45) is 5.73 Å². The van der Waals surface area contributed by atoms with E-state index in [4.69, 9.17) is 10.3 Å². The molecule has 0 aliphatic heterocycles. The Morgan fingerprint density at radius 1 is 1.75 bits per heavy atom. The minimum Gasteiger partial charge on any atom is -0.338 e. The fourth-order valence-corrected chi connectivity index (χ4v) is 1.93. The molecule has 1 rings (SSSR count). The number of nitrogens with one attached hydrogen (secondary N) is 1. The summed E-state index contributed by atoms with van der Waals surface area (Å²) in [5.74, 6) is 1.47. The van der Waals surface area contributed by atoms with Gasteiger partial charge in [0.2, 0.25) is 11.8 Å². The Morgan fingerprint density at radius 3 is 3.06 bits per heavy atom. The lowest BCUT2D eigenvalue weighted by atomic mass is 10.3. The molecule has 3 N–H and O–H groups in total. The first-order chi connectivity index (χ1) is 7.61. The molecule has 0 fully saturated rings. The topological polar surface area (TPSA) is 81.2 Å². The summed E-state index contributed by atoms with van der Waals surface area (Å²) in [5.41, 5.74) is 6.48. The zero-order valence-corrected chi connectivity index (χ0v) is 10.3. The van der Waals surface area contributed by atoms with Gasteiger partial charge in [0.25, 0.3) is 0 Å². The number of aromatic nitrogens is 1. The fraction of sp³-hybridized carbons (Fsp3) is 0.600. The molecule has 1 aromatic heterocycles. The van der Waals surface area contributed by atoms with Crippen LogP contribution in [0.5, 0.6) is 0 Å². The molecule has 1 unspecified atom stereocenters. The summed E-state index contributed by atoms with van der Waals surface area (Å²) >= 11 is 1.52. The van der Waals surface area contributed by atoms with Crippen molar-refractivity contribution in [3.63, 3.8) is 0 Å². The maximum Gasteiger partial charge on any atom is 0.236 e. The Labute approximate surface area is 99.1 Å². The standard InChI is InChI=1S/C10H17N3O2S/c1-3-8(11)5-16-6-9(14)12-10-4-7(2)13-15-10/h4,8H,3,5-6,11H2,1-2H3,(H,12,14). The average molecular weight is 243 g/mol. The van der Waals surface area contributed by atoms with Crippen molar-refractivity contribution in [3.8, 4) is 0 Å². The highest BCUT2D eigenvalue weighted by molar-refractivity contribution is 8.00. The molecule has 0 spiro atoms.